The molecule has 1 rings (SSSR count). The maximum Gasteiger partial charge on any atom is 0.410 e. The number of benzene rings is 1. The normalized spacial score (nSPS) is 11.1. The Hall–Kier alpha value is -0.980. The predicted molar refractivity (Wildman–Crippen MR) is 91.3 cm³/mol. The lowest BCUT2D eigenvalue weighted by molar-refractivity contribution is 0.0303. The number of hydrogen-bond donors (Lipinski definition) is 0. The summed E-state index contributed by atoms with van der Waals surface area (Å²) in [6.45, 7) is 7.00. The molecule has 0 bridgehead atoms. The second-order valence-electron chi connectivity index (χ2n) is 5.80. The Morgan fingerprint density at radius 3 is 2.20 bits per heavy atom. The molecule has 0 heterocycles. The van der Waals surface area contributed by atoms with E-state index >= 15 is 0 Å². The van der Waals surface area contributed by atoms with Crippen molar-refractivity contribution in [3.05, 3.63) is 27.8 Å². The van der Waals surface area contributed by atoms with Crippen LogP contribution < -0.4 is 4.90 Å². The second-order valence-corrected chi connectivity index (χ2v) is 7.05. The van der Waals surface area contributed by atoms with E-state index in [1.807, 2.05) is 27.8 Å². The smallest absolute Gasteiger partial charge is 0.410 e. The molecule has 20 heavy (non-hydrogen) atoms. The van der Waals surface area contributed by atoms with Crippen LogP contribution in [0.1, 0.15) is 20.8 Å². The highest BCUT2D eigenvalue weighted by molar-refractivity contribution is 14.1. The molecule has 0 N–H and O–H groups in total. The SMILES string of the molecule is CN(CCN(C)c1ccc(I)cc1)C(=O)OC(C)(C)C. The molecule has 0 aromatic heterocycles. The number of hydrogen-bond acceptors (Lipinski definition) is 3. The molecule has 4 nitrogen and oxygen atoms in total. The first-order valence-corrected chi connectivity index (χ1v) is 7.68. The Balaban J connectivity index is 2.46. The molecular weight excluding hydrogens is 367 g/mol. The van der Waals surface area contributed by atoms with Crippen molar-refractivity contribution in [3.8, 4) is 0 Å². The molecule has 0 saturated heterocycles. The van der Waals surface area contributed by atoms with Gasteiger partial charge in [0.15, 0.2) is 0 Å². The molecule has 0 radical (unpaired) electrons. The van der Waals surface area contributed by atoms with E-state index in [2.05, 4.69) is 51.8 Å². The van der Waals surface area contributed by atoms with Gasteiger partial charge in [-0.3, -0.25) is 0 Å². The highest BCUT2D eigenvalue weighted by Crippen LogP contribution is 2.15. The van der Waals surface area contributed by atoms with Crippen molar-refractivity contribution in [2.75, 3.05) is 32.1 Å². The van der Waals surface area contributed by atoms with Crippen LogP contribution in [0.15, 0.2) is 24.3 Å². The molecule has 0 aliphatic carbocycles. The van der Waals surface area contributed by atoms with E-state index in [1.165, 1.54) is 3.57 Å². The standard InChI is InChI=1S/C15H23IN2O2/c1-15(2,3)20-14(19)18(5)11-10-17(4)13-8-6-12(16)7-9-13/h6-9H,10-11H2,1-5H3. The fourth-order valence-corrected chi connectivity index (χ4v) is 1.92. The van der Waals surface area contributed by atoms with Gasteiger partial charge in [-0.25, -0.2) is 4.79 Å². The average Bonchev–Trinajstić information content (AvgIpc) is 2.34. The number of nitrogens with zero attached hydrogens (tertiary/aromatic N) is 2. The van der Waals surface area contributed by atoms with E-state index in [1.54, 1.807) is 11.9 Å². The van der Waals surface area contributed by atoms with E-state index in [4.69, 9.17) is 4.74 Å². The summed E-state index contributed by atoms with van der Waals surface area (Å²) in [5, 5.41) is 0. The largest absolute Gasteiger partial charge is 0.444 e. The predicted octanol–water partition coefficient (Wildman–Crippen LogP) is 3.59. The maximum absolute atomic E-state index is 11.8. The third-order valence-corrected chi connectivity index (χ3v) is 3.46. The quantitative estimate of drug-likeness (QED) is 0.737. The zero-order valence-corrected chi connectivity index (χ0v) is 15.0. The van der Waals surface area contributed by atoms with Gasteiger partial charge in [-0.15, -0.1) is 0 Å². The number of carbonyl (C=O) groups is 1. The van der Waals surface area contributed by atoms with Crippen LogP contribution in [-0.2, 0) is 4.74 Å². The van der Waals surface area contributed by atoms with Gasteiger partial charge in [0.25, 0.3) is 0 Å². The van der Waals surface area contributed by atoms with Crippen LogP contribution in [0.5, 0.6) is 0 Å². The highest BCUT2D eigenvalue weighted by atomic mass is 127. The number of halogens is 1. The number of carbonyl (C=O) groups excluding carboxylic acids is 1. The molecule has 0 saturated carbocycles. The summed E-state index contributed by atoms with van der Waals surface area (Å²) in [4.78, 5) is 15.6. The van der Waals surface area contributed by atoms with Gasteiger partial charge in [-0.1, -0.05) is 0 Å². The lowest BCUT2D eigenvalue weighted by atomic mass is 10.2. The summed E-state index contributed by atoms with van der Waals surface area (Å²) in [6.07, 6.45) is -0.284. The Morgan fingerprint density at radius 1 is 1.15 bits per heavy atom. The van der Waals surface area contributed by atoms with Crippen LogP contribution in [0.25, 0.3) is 0 Å². The molecule has 1 aromatic rings. The topological polar surface area (TPSA) is 32.8 Å². The minimum absolute atomic E-state index is 0.284. The highest BCUT2D eigenvalue weighted by Gasteiger charge is 2.19. The lowest BCUT2D eigenvalue weighted by Gasteiger charge is -2.27. The Kier molecular flexibility index (Phi) is 6.10. The summed E-state index contributed by atoms with van der Waals surface area (Å²) in [5.74, 6) is 0. The van der Waals surface area contributed by atoms with Gasteiger partial charge in [0.05, 0.1) is 0 Å². The molecule has 0 aliphatic rings. The van der Waals surface area contributed by atoms with Gasteiger partial charge in [-0.05, 0) is 67.6 Å². The molecule has 1 amide bonds. The van der Waals surface area contributed by atoms with Gasteiger partial charge in [0.1, 0.15) is 5.60 Å². The van der Waals surface area contributed by atoms with Gasteiger partial charge < -0.3 is 14.5 Å². The van der Waals surface area contributed by atoms with Crippen LogP contribution in [0.2, 0.25) is 0 Å². The van der Waals surface area contributed by atoms with Crippen LogP contribution in [0.3, 0.4) is 0 Å². The first kappa shape index (κ1) is 17.1. The van der Waals surface area contributed by atoms with Gasteiger partial charge in [0.2, 0.25) is 0 Å². The van der Waals surface area contributed by atoms with Crippen LogP contribution in [-0.4, -0.2) is 43.8 Å². The molecule has 1 aromatic carbocycles. The Bertz CT molecular complexity index is 440. The van der Waals surface area contributed by atoms with E-state index in [-0.39, 0.29) is 6.09 Å². The van der Waals surface area contributed by atoms with E-state index < -0.39 is 5.60 Å². The third kappa shape index (κ3) is 5.98. The molecule has 0 spiro atoms. The molecule has 112 valence electrons. The van der Waals surface area contributed by atoms with E-state index in [9.17, 15) is 4.79 Å². The van der Waals surface area contributed by atoms with Crippen molar-refractivity contribution in [1.82, 2.24) is 4.90 Å². The molecule has 0 atom stereocenters. The molecular formula is C15H23IN2O2. The number of rotatable bonds is 4. The minimum atomic E-state index is -0.451. The summed E-state index contributed by atoms with van der Waals surface area (Å²) < 4.78 is 6.53. The van der Waals surface area contributed by atoms with Crippen molar-refractivity contribution >= 4 is 34.4 Å². The van der Waals surface area contributed by atoms with E-state index in [0.717, 1.165) is 12.2 Å². The van der Waals surface area contributed by atoms with Crippen LogP contribution in [0, 0.1) is 3.57 Å². The fraction of sp³-hybridized carbons (Fsp3) is 0.533. The summed E-state index contributed by atoms with van der Waals surface area (Å²) in [5.41, 5.74) is 0.691. The number of ether oxygens (including phenoxy) is 1. The Labute approximate surface area is 135 Å². The minimum Gasteiger partial charge on any atom is -0.444 e. The van der Waals surface area contributed by atoms with Crippen LogP contribution in [0.4, 0.5) is 10.5 Å². The first-order valence-electron chi connectivity index (χ1n) is 6.60. The fourth-order valence-electron chi connectivity index (χ4n) is 1.56. The molecule has 0 unspecified atom stereocenters. The van der Waals surface area contributed by atoms with Crippen molar-refractivity contribution < 1.29 is 9.53 Å². The average molecular weight is 390 g/mol. The second kappa shape index (κ2) is 7.15. The Morgan fingerprint density at radius 2 is 1.70 bits per heavy atom. The zero-order valence-electron chi connectivity index (χ0n) is 12.8. The van der Waals surface area contributed by atoms with Gasteiger partial charge in [-0.2, -0.15) is 0 Å². The molecule has 0 aliphatic heterocycles. The number of anilines is 1. The van der Waals surface area contributed by atoms with Gasteiger partial charge in [0, 0.05) is 36.4 Å². The lowest BCUT2D eigenvalue weighted by Crippen LogP contribution is -2.38. The third-order valence-electron chi connectivity index (χ3n) is 2.74. The monoisotopic (exact) mass is 390 g/mol. The number of amides is 1. The van der Waals surface area contributed by atoms with Crippen LogP contribution >= 0.6 is 22.6 Å². The zero-order chi connectivity index (χ0) is 15.3. The number of likely N-dealkylation sites (N-methyl/N-ethyl adjacent to an activating group) is 2. The summed E-state index contributed by atoms with van der Waals surface area (Å²) in [7, 11) is 3.78. The summed E-state index contributed by atoms with van der Waals surface area (Å²) in [6, 6.07) is 8.30. The maximum atomic E-state index is 11.8. The molecule has 0 fully saturated rings. The molecule has 5 heteroatoms. The summed E-state index contributed by atoms with van der Waals surface area (Å²) >= 11 is 2.28. The van der Waals surface area contributed by atoms with E-state index in [0.29, 0.717) is 6.54 Å². The van der Waals surface area contributed by atoms with Gasteiger partial charge >= 0.3 is 6.09 Å². The van der Waals surface area contributed by atoms with Crippen molar-refractivity contribution in [2.45, 2.75) is 26.4 Å². The van der Waals surface area contributed by atoms with Crippen molar-refractivity contribution in [2.24, 2.45) is 0 Å². The van der Waals surface area contributed by atoms with Crippen molar-refractivity contribution in [1.29, 1.82) is 0 Å². The first-order chi connectivity index (χ1) is 9.19. The van der Waals surface area contributed by atoms with Crippen molar-refractivity contribution in [3.63, 3.8) is 0 Å².